The number of rotatable bonds is 2. The summed E-state index contributed by atoms with van der Waals surface area (Å²) in [5.74, 6) is -0.801. The lowest BCUT2D eigenvalue weighted by Crippen LogP contribution is -2.48. The van der Waals surface area contributed by atoms with Gasteiger partial charge in [-0.1, -0.05) is 6.07 Å². The molecule has 0 aliphatic carbocycles. The lowest BCUT2D eigenvalue weighted by molar-refractivity contribution is 0.0638. The van der Waals surface area contributed by atoms with Crippen LogP contribution in [0.4, 0.5) is 4.39 Å². The van der Waals surface area contributed by atoms with Gasteiger partial charge in [0, 0.05) is 12.6 Å². The van der Waals surface area contributed by atoms with Crippen molar-refractivity contribution in [2.75, 3.05) is 18.6 Å². The highest BCUT2D eigenvalue weighted by Gasteiger charge is 2.43. The number of sulfone groups is 1. The van der Waals surface area contributed by atoms with E-state index in [-0.39, 0.29) is 23.0 Å². The van der Waals surface area contributed by atoms with Gasteiger partial charge in [0.05, 0.1) is 17.0 Å². The van der Waals surface area contributed by atoms with Gasteiger partial charge in [0.25, 0.3) is 5.91 Å². The first-order valence-corrected chi connectivity index (χ1v) is 7.80. The Bertz CT molecular complexity index is 614. The Morgan fingerprint density at radius 3 is 2.63 bits per heavy atom. The van der Waals surface area contributed by atoms with Gasteiger partial charge in [-0.2, -0.15) is 0 Å². The maximum atomic E-state index is 13.1. The van der Waals surface area contributed by atoms with Crippen LogP contribution in [0.15, 0.2) is 24.3 Å². The number of carbonyl (C=O) groups is 1. The highest BCUT2D eigenvalue weighted by molar-refractivity contribution is 7.91. The summed E-state index contributed by atoms with van der Waals surface area (Å²) in [6.07, 6.45) is 0.410. The summed E-state index contributed by atoms with van der Waals surface area (Å²) in [6, 6.07) is 5.41. The first-order valence-electron chi connectivity index (χ1n) is 5.98. The summed E-state index contributed by atoms with van der Waals surface area (Å²) in [5, 5.41) is 0. The summed E-state index contributed by atoms with van der Waals surface area (Å²) in [5.41, 5.74) is -0.490. The summed E-state index contributed by atoms with van der Waals surface area (Å²) < 4.78 is 36.3. The van der Waals surface area contributed by atoms with Crippen molar-refractivity contribution in [3.05, 3.63) is 35.6 Å². The summed E-state index contributed by atoms with van der Waals surface area (Å²) in [6.45, 7) is 1.74. The van der Waals surface area contributed by atoms with Crippen LogP contribution in [0.5, 0.6) is 0 Å². The predicted octanol–water partition coefficient (Wildman–Crippen LogP) is 1.47. The van der Waals surface area contributed by atoms with Crippen LogP contribution in [0.25, 0.3) is 0 Å². The minimum Gasteiger partial charge on any atom is -0.335 e. The highest BCUT2D eigenvalue weighted by Crippen LogP contribution is 2.29. The van der Waals surface area contributed by atoms with E-state index in [1.54, 1.807) is 14.0 Å². The van der Waals surface area contributed by atoms with Crippen molar-refractivity contribution in [2.45, 2.75) is 18.9 Å². The molecule has 1 fully saturated rings. The van der Waals surface area contributed by atoms with Crippen molar-refractivity contribution in [1.82, 2.24) is 4.90 Å². The minimum absolute atomic E-state index is 0.0441. The molecule has 0 unspecified atom stereocenters. The van der Waals surface area contributed by atoms with E-state index in [1.807, 2.05) is 0 Å². The van der Waals surface area contributed by atoms with Crippen LogP contribution in [0, 0.1) is 5.82 Å². The van der Waals surface area contributed by atoms with Crippen molar-refractivity contribution in [3.63, 3.8) is 0 Å². The third-order valence-corrected chi connectivity index (χ3v) is 5.56. The van der Waals surface area contributed by atoms with Gasteiger partial charge in [-0.25, -0.2) is 12.8 Å². The van der Waals surface area contributed by atoms with Crippen molar-refractivity contribution >= 4 is 15.7 Å². The zero-order valence-corrected chi connectivity index (χ0v) is 11.7. The van der Waals surface area contributed by atoms with Gasteiger partial charge in [0.1, 0.15) is 5.82 Å². The zero-order valence-electron chi connectivity index (χ0n) is 10.9. The van der Waals surface area contributed by atoms with Crippen molar-refractivity contribution in [2.24, 2.45) is 0 Å². The van der Waals surface area contributed by atoms with E-state index in [1.165, 1.54) is 23.1 Å². The molecule has 1 aromatic carbocycles. The molecule has 1 atom stereocenters. The molecule has 1 aliphatic heterocycles. The highest BCUT2D eigenvalue weighted by atomic mass is 32.2. The molecule has 6 heteroatoms. The van der Waals surface area contributed by atoms with Gasteiger partial charge in [0.15, 0.2) is 9.84 Å². The molecule has 0 aromatic heterocycles. The lowest BCUT2D eigenvalue weighted by atomic mass is 9.99. The smallest absolute Gasteiger partial charge is 0.254 e. The molecule has 0 bridgehead atoms. The number of amides is 1. The molecule has 19 heavy (non-hydrogen) atoms. The van der Waals surface area contributed by atoms with E-state index in [4.69, 9.17) is 0 Å². The number of hydrogen-bond acceptors (Lipinski definition) is 3. The fourth-order valence-electron chi connectivity index (χ4n) is 2.32. The number of hydrogen-bond donors (Lipinski definition) is 0. The average Bonchev–Trinajstić information content (AvgIpc) is 2.63. The number of halogens is 1. The number of nitrogens with zero attached hydrogens (tertiary/aromatic N) is 1. The first kappa shape index (κ1) is 14.0. The van der Waals surface area contributed by atoms with Crippen LogP contribution >= 0.6 is 0 Å². The fourth-order valence-corrected chi connectivity index (χ4v) is 4.50. The van der Waals surface area contributed by atoms with Crippen LogP contribution in [0.1, 0.15) is 23.7 Å². The summed E-state index contributed by atoms with van der Waals surface area (Å²) >= 11 is 0. The predicted molar refractivity (Wildman–Crippen MR) is 70.2 cm³/mol. The largest absolute Gasteiger partial charge is 0.335 e. The molecule has 1 aliphatic rings. The van der Waals surface area contributed by atoms with Gasteiger partial charge in [0.2, 0.25) is 0 Å². The van der Waals surface area contributed by atoms with E-state index in [0.717, 1.165) is 6.07 Å². The fraction of sp³-hybridized carbons (Fsp3) is 0.462. The van der Waals surface area contributed by atoms with Crippen LogP contribution in [0.3, 0.4) is 0 Å². The van der Waals surface area contributed by atoms with E-state index in [0.29, 0.717) is 6.42 Å². The Labute approximate surface area is 112 Å². The molecule has 0 radical (unpaired) electrons. The number of benzene rings is 1. The third kappa shape index (κ3) is 2.78. The SMILES string of the molecule is CN(C(=O)c1cccc(F)c1)[C@@]1(C)CCS(=O)(=O)C1. The molecule has 2 rings (SSSR count). The van der Waals surface area contributed by atoms with Gasteiger partial charge < -0.3 is 4.90 Å². The Kier molecular flexibility index (Phi) is 3.38. The molecular formula is C13H16FNO3S. The topological polar surface area (TPSA) is 54.5 Å². The molecule has 0 N–H and O–H groups in total. The molecule has 1 amide bonds. The van der Waals surface area contributed by atoms with E-state index in [9.17, 15) is 17.6 Å². The molecular weight excluding hydrogens is 269 g/mol. The maximum Gasteiger partial charge on any atom is 0.254 e. The Balaban J connectivity index is 2.25. The van der Waals surface area contributed by atoms with E-state index in [2.05, 4.69) is 0 Å². The summed E-state index contributed by atoms with van der Waals surface area (Å²) in [4.78, 5) is 13.7. The summed E-state index contributed by atoms with van der Waals surface area (Å²) in [7, 11) is -1.53. The van der Waals surface area contributed by atoms with Crippen molar-refractivity contribution in [1.29, 1.82) is 0 Å². The van der Waals surface area contributed by atoms with Gasteiger partial charge >= 0.3 is 0 Å². The maximum absolute atomic E-state index is 13.1. The second kappa shape index (κ2) is 4.59. The Morgan fingerprint density at radius 1 is 1.42 bits per heavy atom. The van der Waals surface area contributed by atoms with Gasteiger partial charge in [-0.15, -0.1) is 0 Å². The normalized spacial score (nSPS) is 25.2. The van der Waals surface area contributed by atoms with E-state index < -0.39 is 21.2 Å². The van der Waals surface area contributed by atoms with Crippen LogP contribution in [-0.2, 0) is 9.84 Å². The average molecular weight is 285 g/mol. The second-order valence-corrected chi connectivity index (χ2v) is 7.40. The molecule has 0 saturated carbocycles. The van der Waals surface area contributed by atoms with Crippen LogP contribution in [0.2, 0.25) is 0 Å². The molecule has 4 nitrogen and oxygen atoms in total. The molecule has 1 heterocycles. The standard InChI is InChI=1S/C13H16FNO3S/c1-13(6-7-19(17,18)9-13)15(2)12(16)10-4-3-5-11(14)8-10/h3-5,8H,6-7,9H2,1-2H3/t13-/m0/s1. The minimum atomic E-state index is -3.09. The van der Waals surface area contributed by atoms with E-state index >= 15 is 0 Å². The quantitative estimate of drug-likeness (QED) is 0.827. The molecule has 0 spiro atoms. The second-order valence-electron chi connectivity index (χ2n) is 5.21. The molecule has 1 aromatic rings. The van der Waals surface area contributed by atoms with Gasteiger partial charge in [-0.3, -0.25) is 4.79 Å². The lowest BCUT2D eigenvalue weighted by Gasteiger charge is -2.34. The number of carbonyl (C=O) groups excluding carboxylic acids is 1. The van der Waals surface area contributed by atoms with Crippen LogP contribution in [-0.4, -0.2) is 43.3 Å². The Hall–Kier alpha value is -1.43. The molecule has 104 valence electrons. The third-order valence-electron chi connectivity index (χ3n) is 3.67. The van der Waals surface area contributed by atoms with Crippen molar-refractivity contribution in [3.8, 4) is 0 Å². The van der Waals surface area contributed by atoms with Crippen molar-refractivity contribution < 1.29 is 17.6 Å². The van der Waals surface area contributed by atoms with Crippen LogP contribution < -0.4 is 0 Å². The monoisotopic (exact) mass is 285 g/mol. The van der Waals surface area contributed by atoms with Gasteiger partial charge in [-0.05, 0) is 31.5 Å². The zero-order chi connectivity index (χ0) is 14.3. The molecule has 1 saturated heterocycles. The Morgan fingerprint density at radius 2 is 2.11 bits per heavy atom. The first-order chi connectivity index (χ1) is 8.73.